The number of alkyl halides is 1. The highest BCUT2D eigenvalue weighted by molar-refractivity contribution is 14.1. The molecule has 0 radical (unpaired) electrons. The summed E-state index contributed by atoms with van der Waals surface area (Å²) >= 11 is 2.40. The third-order valence-electron chi connectivity index (χ3n) is 3.32. The molecule has 0 aromatic heterocycles. The predicted molar refractivity (Wildman–Crippen MR) is 99.1 cm³/mol. The molecule has 0 aliphatic rings. The second-order valence-corrected chi connectivity index (χ2v) is 8.77. The van der Waals surface area contributed by atoms with E-state index < -0.39 is 0 Å². The van der Waals surface area contributed by atoms with Gasteiger partial charge in [0.1, 0.15) is 5.75 Å². The maximum absolute atomic E-state index is 12.5. The van der Waals surface area contributed by atoms with E-state index in [2.05, 4.69) is 36.4 Å². The minimum Gasteiger partial charge on any atom is -0.491 e. The molecule has 0 N–H and O–H groups in total. The molecule has 2 nitrogen and oxygen atoms in total. The SMILES string of the molecule is CC(C)Oc1ccc(C(=O)c2ccc(C(C)(C)I)cc2)cc1. The zero-order valence-corrected chi connectivity index (χ0v) is 15.5. The van der Waals surface area contributed by atoms with E-state index in [0.29, 0.717) is 11.1 Å². The molecule has 0 aliphatic heterocycles. The van der Waals surface area contributed by atoms with Crippen molar-refractivity contribution in [2.75, 3.05) is 0 Å². The van der Waals surface area contributed by atoms with E-state index in [1.807, 2.05) is 62.4 Å². The quantitative estimate of drug-likeness (QED) is 0.378. The van der Waals surface area contributed by atoms with Crippen LogP contribution in [0.5, 0.6) is 5.75 Å². The Morgan fingerprint density at radius 2 is 1.41 bits per heavy atom. The van der Waals surface area contributed by atoms with Gasteiger partial charge in [-0.15, -0.1) is 0 Å². The molecule has 0 amide bonds. The summed E-state index contributed by atoms with van der Waals surface area (Å²) in [6, 6.07) is 15.2. The number of ether oxygens (including phenoxy) is 1. The second-order valence-electron chi connectivity index (χ2n) is 6.07. The lowest BCUT2D eigenvalue weighted by molar-refractivity contribution is 0.103. The zero-order valence-electron chi connectivity index (χ0n) is 13.4. The van der Waals surface area contributed by atoms with Crippen molar-refractivity contribution in [1.29, 1.82) is 0 Å². The van der Waals surface area contributed by atoms with Crippen LogP contribution in [0.25, 0.3) is 0 Å². The first-order valence-corrected chi connectivity index (χ1v) is 8.46. The fraction of sp³-hybridized carbons (Fsp3) is 0.316. The number of carbonyl (C=O) groups is 1. The number of rotatable bonds is 5. The van der Waals surface area contributed by atoms with Crippen LogP contribution in [-0.4, -0.2) is 11.9 Å². The smallest absolute Gasteiger partial charge is 0.193 e. The Morgan fingerprint density at radius 1 is 0.955 bits per heavy atom. The third-order valence-corrected chi connectivity index (χ3v) is 3.94. The Kier molecular flexibility index (Phi) is 5.27. The number of hydrogen-bond donors (Lipinski definition) is 0. The van der Waals surface area contributed by atoms with Crippen molar-refractivity contribution in [1.82, 2.24) is 0 Å². The topological polar surface area (TPSA) is 26.3 Å². The number of ketones is 1. The lowest BCUT2D eigenvalue weighted by atomic mass is 9.98. The van der Waals surface area contributed by atoms with Crippen LogP contribution in [0, 0.1) is 0 Å². The number of hydrogen-bond acceptors (Lipinski definition) is 2. The van der Waals surface area contributed by atoms with Gasteiger partial charge in [0.2, 0.25) is 0 Å². The molecule has 116 valence electrons. The molecule has 22 heavy (non-hydrogen) atoms. The Bertz CT molecular complexity index is 635. The number of halogens is 1. The molecule has 0 atom stereocenters. The molecular formula is C19H21IO2. The van der Waals surface area contributed by atoms with Crippen molar-refractivity contribution >= 4 is 28.4 Å². The van der Waals surface area contributed by atoms with Crippen LogP contribution in [-0.2, 0) is 3.42 Å². The Labute approximate surface area is 146 Å². The van der Waals surface area contributed by atoms with Crippen molar-refractivity contribution < 1.29 is 9.53 Å². The summed E-state index contributed by atoms with van der Waals surface area (Å²) in [6.45, 7) is 8.26. The highest BCUT2D eigenvalue weighted by Gasteiger charge is 2.16. The molecule has 0 saturated carbocycles. The van der Waals surface area contributed by atoms with E-state index in [4.69, 9.17) is 4.74 Å². The van der Waals surface area contributed by atoms with Gasteiger partial charge in [0, 0.05) is 14.5 Å². The van der Waals surface area contributed by atoms with Gasteiger partial charge in [-0.25, -0.2) is 0 Å². The van der Waals surface area contributed by atoms with E-state index in [-0.39, 0.29) is 15.3 Å². The molecular weight excluding hydrogens is 387 g/mol. The molecule has 0 aliphatic carbocycles. The minimum absolute atomic E-state index is 0.0360. The van der Waals surface area contributed by atoms with E-state index in [9.17, 15) is 4.79 Å². The van der Waals surface area contributed by atoms with Crippen molar-refractivity contribution in [3.8, 4) is 5.75 Å². The lowest BCUT2D eigenvalue weighted by Crippen LogP contribution is -2.08. The van der Waals surface area contributed by atoms with Gasteiger partial charge in [-0.3, -0.25) is 4.79 Å². The Balaban J connectivity index is 2.17. The minimum atomic E-state index is 0.0360. The van der Waals surface area contributed by atoms with Crippen molar-refractivity contribution in [2.45, 2.75) is 37.2 Å². The highest BCUT2D eigenvalue weighted by Crippen LogP contribution is 2.30. The molecule has 0 fully saturated rings. The number of benzene rings is 2. The standard InChI is InChI=1S/C19H21IO2/c1-13(2)22-17-11-7-15(8-12-17)18(21)14-5-9-16(10-6-14)19(3,4)20/h5-13H,1-4H3. The molecule has 0 bridgehead atoms. The van der Waals surface area contributed by atoms with Crippen LogP contribution in [0.3, 0.4) is 0 Å². The van der Waals surface area contributed by atoms with Crippen LogP contribution < -0.4 is 4.74 Å². The zero-order chi connectivity index (χ0) is 16.3. The van der Waals surface area contributed by atoms with Crippen LogP contribution in [0.15, 0.2) is 48.5 Å². The fourth-order valence-corrected chi connectivity index (χ4v) is 2.50. The molecule has 0 unspecified atom stereocenters. The second kappa shape index (κ2) is 6.82. The molecule has 0 saturated heterocycles. The van der Waals surface area contributed by atoms with E-state index in [1.54, 1.807) is 0 Å². The maximum Gasteiger partial charge on any atom is 0.193 e. The molecule has 2 rings (SSSR count). The normalized spacial score (nSPS) is 11.5. The van der Waals surface area contributed by atoms with Gasteiger partial charge >= 0.3 is 0 Å². The lowest BCUT2D eigenvalue weighted by Gasteiger charge is -2.17. The monoisotopic (exact) mass is 408 g/mol. The van der Waals surface area contributed by atoms with Gasteiger partial charge in [0.25, 0.3) is 0 Å². The fourth-order valence-electron chi connectivity index (χ4n) is 2.14. The highest BCUT2D eigenvalue weighted by atomic mass is 127. The summed E-state index contributed by atoms with van der Waals surface area (Å²) in [6.07, 6.45) is 0.130. The Morgan fingerprint density at radius 3 is 1.82 bits per heavy atom. The summed E-state index contributed by atoms with van der Waals surface area (Å²) in [4.78, 5) is 12.5. The largest absolute Gasteiger partial charge is 0.491 e. The Hall–Kier alpha value is -1.36. The summed E-state index contributed by atoms with van der Waals surface area (Å²) in [5.41, 5.74) is 2.60. The summed E-state index contributed by atoms with van der Waals surface area (Å²) in [7, 11) is 0. The molecule has 2 aromatic carbocycles. The summed E-state index contributed by atoms with van der Waals surface area (Å²) < 4.78 is 5.66. The average molecular weight is 408 g/mol. The van der Waals surface area contributed by atoms with Crippen LogP contribution >= 0.6 is 22.6 Å². The van der Waals surface area contributed by atoms with Gasteiger partial charge in [-0.1, -0.05) is 46.9 Å². The van der Waals surface area contributed by atoms with Gasteiger partial charge in [-0.05, 0) is 57.5 Å². The van der Waals surface area contributed by atoms with E-state index >= 15 is 0 Å². The van der Waals surface area contributed by atoms with Gasteiger partial charge in [-0.2, -0.15) is 0 Å². The first-order chi connectivity index (χ1) is 10.3. The average Bonchev–Trinajstić information content (AvgIpc) is 2.46. The van der Waals surface area contributed by atoms with Crippen molar-refractivity contribution in [2.24, 2.45) is 0 Å². The van der Waals surface area contributed by atoms with Crippen molar-refractivity contribution in [3.05, 3.63) is 65.2 Å². The van der Waals surface area contributed by atoms with Gasteiger partial charge in [0.05, 0.1) is 6.10 Å². The first kappa shape index (κ1) is 17.0. The van der Waals surface area contributed by atoms with Crippen molar-refractivity contribution in [3.63, 3.8) is 0 Å². The third kappa shape index (κ3) is 4.32. The summed E-state index contributed by atoms with van der Waals surface area (Å²) in [5.74, 6) is 0.822. The van der Waals surface area contributed by atoms with Crippen LogP contribution in [0.2, 0.25) is 0 Å². The molecule has 0 heterocycles. The van der Waals surface area contributed by atoms with Gasteiger partial charge in [0.15, 0.2) is 5.78 Å². The molecule has 2 aromatic rings. The molecule has 0 spiro atoms. The summed E-state index contributed by atoms with van der Waals surface area (Å²) in [5, 5.41) is 0. The van der Waals surface area contributed by atoms with Crippen LogP contribution in [0.4, 0.5) is 0 Å². The molecule has 3 heteroatoms. The predicted octanol–water partition coefficient (Wildman–Crippen LogP) is 5.37. The maximum atomic E-state index is 12.5. The van der Waals surface area contributed by atoms with E-state index in [0.717, 1.165) is 5.75 Å². The van der Waals surface area contributed by atoms with Crippen LogP contribution in [0.1, 0.15) is 49.2 Å². The number of carbonyl (C=O) groups excluding carboxylic acids is 1. The van der Waals surface area contributed by atoms with E-state index in [1.165, 1.54) is 5.56 Å². The first-order valence-electron chi connectivity index (χ1n) is 7.38. The van der Waals surface area contributed by atoms with Gasteiger partial charge < -0.3 is 4.74 Å².